The third-order valence-electron chi connectivity index (χ3n) is 3.16. The monoisotopic (exact) mass is 238 g/mol. The number of unbranched alkanes of at least 4 members (excludes halogenated alkanes) is 3. The van der Waals surface area contributed by atoms with Gasteiger partial charge in [0.15, 0.2) is 5.06 Å². The molecule has 0 radical (unpaired) electrons. The van der Waals surface area contributed by atoms with Gasteiger partial charge in [-0.05, 0) is 6.42 Å². The molecule has 1 nitrogen and oxygen atoms in total. The van der Waals surface area contributed by atoms with Gasteiger partial charge in [-0.15, -0.1) is 0 Å². The summed E-state index contributed by atoms with van der Waals surface area (Å²) in [5.41, 5.74) is 1.09. The van der Waals surface area contributed by atoms with Gasteiger partial charge in [-0.3, -0.25) is 0 Å². The van der Waals surface area contributed by atoms with Gasteiger partial charge < -0.3 is 4.74 Å². The fourth-order valence-corrected chi connectivity index (χ4v) is 2.44. The van der Waals surface area contributed by atoms with E-state index in [1.54, 1.807) is 0 Å². The van der Waals surface area contributed by atoms with E-state index in [1.165, 1.54) is 25.7 Å². The van der Waals surface area contributed by atoms with Crippen molar-refractivity contribution >= 4 is 11.6 Å². The molecule has 88 valence electrons. The largest absolute Gasteiger partial charge is 0.345 e. The first-order chi connectivity index (χ1) is 7.77. The van der Waals surface area contributed by atoms with Gasteiger partial charge >= 0.3 is 0 Å². The highest BCUT2D eigenvalue weighted by atomic mass is 35.5. The van der Waals surface area contributed by atoms with E-state index in [0.717, 1.165) is 12.0 Å². The molecule has 1 saturated heterocycles. The summed E-state index contributed by atoms with van der Waals surface area (Å²) in [6.45, 7) is 2.23. The van der Waals surface area contributed by atoms with Crippen molar-refractivity contribution in [2.24, 2.45) is 0 Å². The van der Waals surface area contributed by atoms with E-state index in [4.69, 9.17) is 16.3 Å². The second-order valence-corrected chi connectivity index (χ2v) is 5.03. The lowest BCUT2D eigenvalue weighted by Crippen LogP contribution is -2.04. The van der Waals surface area contributed by atoms with Gasteiger partial charge in [0.2, 0.25) is 0 Å². The average Bonchev–Trinajstić information content (AvgIpc) is 2.99. The molecule has 2 atom stereocenters. The van der Waals surface area contributed by atoms with Crippen molar-refractivity contribution in [2.75, 3.05) is 0 Å². The maximum absolute atomic E-state index is 6.43. The highest BCUT2D eigenvalue weighted by Crippen LogP contribution is 2.52. The summed E-state index contributed by atoms with van der Waals surface area (Å²) in [5.74, 6) is 0. The predicted octanol–water partition coefficient (Wildman–Crippen LogP) is 4.45. The van der Waals surface area contributed by atoms with Gasteiger partial charge in [0, 0.05) is 5.56 Å². The molecule has 1 aliphatic heterocycles. The Morgan fingerprint density at radius 2 is 1.94 bits per heavy atom. The van der Waals surface area contributed by atoms with Crippen molar-refractivity contribution < 1.29 is 4.74 Å². The van der Waals surface area contributed by atoms with Crippen LogP contribution in [-0.4, -0.2) is 6.10 Å². The number of ether oxygens (including phenoxy) is 1. The smallest absolute Gasteiger partial charge is 0.193 e. The van der Waals surface area contributed by atoms with Crippen LogP contribution in [-0.2, 0) is 9.80 Å². The first-order valence-electron chi connectivity index (χ1n) is 6.19. The van der Waals surface area contributed by atoms with E-state index < -0.39 is 5.06 Å². The normalized spacial score (nSPS) is 28.0. The van der Waals surface area contributed by atoms with Crippen LogP contribution in [0.2, 0.25) is 0 Å². The van der Waals surface area contributed by atoms with Gasteiger partial charge in [0.1, 0.15) is 6.10 Å². The van der Waals surface area contributed by atoms with E-state index in [2.05, 4.69) is 6.92 Å². The van der Waals surface area contributed by atoms with Crippen LogP contribution in [0.4, 0.5) is 0 Å². The summed E-state index contributed by atoms with van der Waals surface area (Å²) in [6.07, 6.45) is 6.40. The standard InChI is InChI=1S/C14H19ClO/c1-2-3-4-8-11-13-14(15,16-13)12-9-6-5-7-10-12/h5-7,9-10,13H,2-4,8,11H2,1H3/t13-,14-/m0/s1. The van der Waals surface area contributed by atoms with E-state index in [1.807, 2.05) is 30.3 Å². The van der Waals surface area contributed by atoms with Crippen molar-refractivity contribution in [3.63, 3.8) is 0 Å². The lowest BCUT2D eigenvalue weighted by molar-refractivity contribution is 0.344. The Morgan fingerprint density at radius 1 is 1.19 bits per heavy atom. The van der Waals surface area contributed by atoms with Crippen LogP contribution in [0.5, 0.6) is 0 Å². The first-order valence-corrected chi connectivity index (χ1v) is 6.57. The lowest BCUT2D eigenvalue weighted by Gasteiger charge is -2.04. The van der Waals surface area contributed by atoms with Gasteiger partial charge in [-0.1, -0.05) is 74.5 Å². The Hall–Kier alpha value is -0.530. The second kappa shape index (κ2) is 5.20. The van der Waals surface area contributed by atoms with E-state index in [0.29, 0.717) is 0 Å². The molecule has 16 heavy (non-hydrogen) atoms. The molecule has 0 saturated carbocycles. The fraction of sp³-hybridized carbons (Fsp3) is 0.571. The van der Waals surface area contributed by atoms with Crippen molar-refractivity contribution in [1.82, 2.24) is 0 Å². The van der Waals surface area contributed by atoms with E-state index in [-0.39, 0.29) is 6.10 Å². The number of epoxide rings is 1. The van der Waals surface area contributed by atoms with Crippen molar-refractivity contribution in [1.29, 1.82) is 0 Å². The van der Waals surface area contributed by atoms with Gasteiger partial charge in [0.05, 0.1) is 0 Å². The number of hydrogen-bond acceptors (Lipinski definition) is 1. The Bertz CT molecular complexity index is 325. The van der Waals surface area contributed by atoms with Gasteiger partial charge in [0.25, 0.3) is 0 Å². The molecule has 1 aromatic carbocycles. The molecule has 1 aromatic rings. The summed E-state index contributed by atoms with van der Waals surface area (Å²) in [5, 5.41) is -0.520. The van der Waals surface area contributed by atoms with Crippen LogP contribution in [0.25, 0.3) is 0 Å². The number of alkyl halides is 1. The molecular weight excluding hydrogens is 220 g/mol. The molecule has 0 spiro atoms. The van der Waals surface area contributed by atoms with Crippen LogP contribution < -0.4 is 0 Å². The summed E-state index contributed by atoms with van der Waals surface area (Å²) in [7, 11) is 0. The highest BCUT2D eigenvalue weighted by molar-refractivity contribution is 6.25. The minimum Gasteiger partial charge on any atom is -0.345 e. The molecule has 1 fully saturated rings. The molecule has 0 aliphatic carbocycles. The fourth-order valence-electron chi connectivity index (χ4n) is 2.09. The molecule has 1 aliphatic rings. The van der Waals surface area contributed by atoms with Crippen LogP contribution in [0.15, 0.2) is 30.3 Å². The highest BCUT2D eigenvalue weighted by Gasteiger charge is 2.55. The summed E-state index contributed by atoms with van der Waals surface area (Å²) >= 11 is 6.43. The SMILES string of the molecule is CCCCCC[C@@H]1O[C@@]1(Cl)c1ccccc1. The van der Waals surface area contributed by atoms with Crippen molar-refractivity contribution in [3.05, 3.63) is 35.9 Å². The zero-order valence-electron chi connectivity index (χ0n) is 9.79. The molecule has 0 bridgehead atoms. The zero-order valence-corrected chi connectivity index (χ0v) is 10.5. The lowest BCUT2D eigenvalue weighted by atomic mass is 10.0. The molecule has 0 N–H and O–H groups in total. The molecule has 2 rings (SSSR count). The number of rotatable bonds is 6. The molecule has 1 heterocycles. The topological polar surface area (TPSA) is 12.5 Å². The third-order valence-corrected chi connectivity index (χ3v) is 3.71. The summed E-state index contributed by atoms with van der Waals surface area (Å²) in [6, 6.07) is 10.1. The van der Waals surface area contributed by atoms with E-state index in [9.17, 15) is 0 Å². The number of hydrogen-bond donors (Lipinski definition) is 0. The maximum Gasteiger partial charge on any atom is 0.193 e. The van der Waals surface area contributed by atoms with Crippen LogP contribution >= 0.6 is 11.6 Å². The molecule has 0 aromatic heterocycles. The Morgan fingerprint density at radius 3 is 2.62 bits per heavy atom. The zero-order chi connectivity index (χ0) is 11.4. The van der Waals surface area contributed by atoms with Gasteiger partial charge in [-0.2, -0.15) is 0 Å². The maximum atomic E-state index is 6.43. The minimum atomic E-state index is -0.520. The third kappa shape index (κ3) is 2.58. The van der Waals surface area contributed by atoms with E-state index >= 15 is 0 Å². The van der Waals surface area contributed by atoms with Crippen LogP contribution in [0.1, 0.15) is 44.6 Å². The number of benzene rings is 1. The van der Waals surface area contributed by atoms with Crippen LogP contribution in [0, 0.1) is 0 Å². The first kappa shape index (κ1) is 11.9. The second-order valence-electron chi connectivity index (χ2n) is 4.47. The Balaban J connectivity index is 1.80. The van der Waals surface area contributed by atoms with Crippen molar-refractivity contribution in [3.8, 4) is 0 Å². The number of halogens is 1. The Labute approximate surface area is 103 Å². The quantitative estimate of drug-likeness (QED) is 0.405. The summed E-state index contributed by atoms with van der Waals surface area (Å²) < 4.78 is 5.64. The minimum absolute atomic E-state index is 0.216. The van der Waals surface area contributed by atoms with Gasteiger partial charge in [-0.25, -0.2) is 0 Å². The van der Waals surface area contributed by atoms with Crippen molar-refractivity contribution in [2.45, 2.75) is 50.2 Å². The molecular formula is C14H19ClO. The molecule has 0 unspecified atom stereocenters. The van der Waals surface area contributed by atoms with Crippen LogP contribution in [0.3, 0.4) is 0 Å². The molecule has 0 amide bonds. The average molecular weight is 239 g/mol. The summed E-state index contributed by atoms with van der Waals surface area (Å²) in [4.78, 5) is 0. The molecule has 2 heteroatoms. The predicted molar refractivity (Wildman–Crippen MR) is 67.6 cm³/mol. The Kier molecular flexibility index (Phi) is 3.88.